The minimum atomic E-state index is -0.223. The lowest BCUT2D eigenvalue weighted by Gasteiger charge is -2.05. The normalized spacial score (nSPS) is 13.5. The van der Waals surface area contributed by atoms with Crippen LogP contribution in [-0.2, 0) is 4.79 Å². The molecule has 0 radical (unpaired) electrons. The number of aromatic nitrogens is 2. The van der Waals surface area contributed by atoms with E-state index in [9.17, 15) is 9.59 Å². The van der Waals surface area contributed by atoms with Crippen molar-refractivity contribution < 1.29 is 9.59 Å². The Morgan fingerprint density at radius 1 is 1.10 bits per heavy atom. The highest BCUT2D eigenvalue weighted by molar-refractivity contribution is 6.30. The predicted octanol–water partition coefficient (Wildman–Crippen LogP) is 8.86. The molecule has 1 atom stereocenters. The van der Waals surface area contributed by atoms with Crippen LogP contribution in [0.4, 0.5) is 5.69 Å². The van der Waals surface area contributed by atoms with Crippen LogP contribution in [0.15, 0.2) is 85.6 Å². The van der Waals surface area contributed by atoms with Crippen LogP contribution in [0.25, 0.3) is 16.6 Å². The molecule has 0 spiro atoms. The molecular weight excluding hydrogens is 520 g/mol. The van der Waals surface area contributed by atoms with Gasteiger partial charge in [-0.05, 0) is 74.9 Å². The van der Waals surface area contributed by atoms with Gasteiger partial charge in [-0.15, -0.1) is 6.58 Å². The van der Waals surface area contributed by atoms with Gasteiger partial charge < -0.3 is 15.6 Å². The molecule has 0 aliphatic heterocycles. The quantitative estimate of drug-likeness (QED) is 0.190. The van der Waals surface area contributed by atoms with Crippen molar-refractivity contribution in [2.24, 2.45) is 5.92 Å². The fourth-order valence-corrected chi connectivity index (χ4v) is 3.40. The summed E-state index contributed by atoms with van der Waals surface area (Å²) in [5, 5.41) is 6.25. The molecule has 1 aromatic heterocycles. The van der Waals surface area contributed by atoms with E-state index in [2.05, 4.69) is 27.2 Å². The third-order valence-electron chi connectivity index (χ3n) is 6.12. The lowest BCUT2D eigenvalue weighted by atomic mass is 10.0. The summed E-state index contributed by atoms with van der Waals surface area (Å²) in [4.78, 5) is 32.4. The van der Waals surface area contributed by atoms with Crippen LogP contribution in [0.1, 0.15) is 76.0 Å². The number of carbonyl (C=O) groups excluding carboxylic acids is 2. The van der Waals surface area contributed by atoms with Crippen molar-refractivity contribution >= 4 is 45.7 Å². The maximum Gasteiger partial charge on any atom is 0.255 e. The first-order chi connectivity index (χ1) is 19.3. The molecule has 7 heteroatoms. The van der Waals surface area contributed by atoms with Crippen LogP contribution in [-0.4, -0.2) is 21.8 Å². The summed E-state index contributed by atoms with van der Waals surface area (Å²) in [5.41, 5.74) is 3.52. The minimum Gasteiger partial charge on any atom is -0.338 e. The van der Waals surface area contributed by atoms with Gasteiger partial charge in [-0.2, -0.15) is 0 Å². The third-order valence-corrected chi connectivity index (χ3v) is 6.38. The first-order valence-corrected chi connectivity index (χ1v) is 14.1. The van der Waals surface area contributed by atoms with E-state index >= 15 is 0 Å². The molecule has 212 valence electrons. The lowest BCUT2D eigenvalue weighted by Crippen LogP contribution is -2.23. The number of carbonyl (C=O) groups is 2. The number of amides is 2. The third kappa shape index (κ3) is 10.7. The van der Waals surface area contributed by atoms with Crippen molar-refractivity contribution in [2.75, 3.05) is 5.32 Å². The van der Waals surface area contributed by atoms with Gasteiger partial charge >= 0.3 is 0 Å². The number of anilines is 1. The molecule has 2 aromatic carbocycles. The first-order valence-electron chi connectivity index (χ1n) is 13.8. The Labute approximate surface area is 243 Å². The molecule has 1 aliphatic carbocycles. The summed E-state index contributed by atoms with van der Waals surface area (Å²) >= 11 is 5.90. The summed E-state index contributed by atoms with van der Waals surface area (Å²) in [7, 11) is 0. The van der Waals surface area contributed by atoms with E-state index in [-0.39, 0.29) is 17.7 Å². The Bertz CT molecular complexity index is 1330. The van der Waals surface area contributed by atoms with Gasteiger partial charge in [0.15, 0.2) is 0 Å². The highest BCUT2D eigenvalue weighted by Crippen LogP contribution is 2.21. The van der Waals surface area contributed by atoms with E-state index in [4.69, 9.17) is 11.6 Å². The molecule has 2 amide bonds. The van der Waals surface area contributed by atoms with Crippen LogP contribution in [0.5, 0.6) is 0 Å². The first kappa shape index (κ1) is 32.3. The van der Waals surface area contributed by atoms with Gasteiger partial charge in [0, 0.05) is 34.0 Å². The fourth-order valence-electron chi connectivity index (χ4n) is 3.28. The number of allylic oxidation sites excluding steroid dienone is 6. The number of halogens is 1. The number of fused-ring (bicyclic) bond motifs is 1. The van der Waals surface area contributed by atoms with E-state index in [0.717, 1.165) is 23.0 Å². The zero-order valence-corrected chi connectivity index (χ0v) is 24.7. The van der Waals surface area contributed by atoms with E-state index in [1.54, 1.807) is 54.8 Å². The molecule has 3 aromatic rings. The number of H-pyrrole nitrogens is 1. The van der Waals surface area contributed by atoms with Gasteiger partial charge in [0.25, 0.3) is 5.91 Å². The van der Waals surface area contributed by atoms with E-state index in [1.165, 1.54) is 25.7 Å². The van der Waals surface area contributed by atoms with Crippen LogP contribution in [0.3, 0.4) is 0 Å². The zero-order chi connectivity index (χ0) is 29.3. The number of hydrogen-bond donors (Lipinski definition) is 3. The monoisotopic (exact) mass is 560 g/mol. The van der Waals surface area contributed by atoms with Crippen molar-refractivity contribution in [2.45, 2.75) is 59.8 Å². The predicted molar refractivity (Wildman–Crippen MR) is 169 cm³/mol. The van der Waals surface area contributed by atoms with Gasteiger partial charge in [0.1, 0.15) is 5.82 Å². The topological polar surface area (TPSA) is 86.9 Å². The largest absolute Gasteiger partial charge is 0.338 e. The maximum atomic E-state index is 12.6. The Kier molecular flexibility index (Phi) is 14.3. The number of benzene rings is 2. The highest BCUT2D eigenvalue weighted by atomic mass is 35.5. The summed E-state index contributed by atoms with van der Waals surface area (Å²) in [6.45, 7) is 11.0. The van der Waals surface area contributed by atoms with Crippen molar-refractivity contribution in [3.63, 3.8) is 0 Å². The van der Waals surface area contributed by atoms with Crippen molar-refractivity contribution in [1.29, 1.82) is 0 Å². The fraction of sp³-hybridized carbons (Fsp3) is 0.303. The highest BCUT2D eigenvalue weighted by Gasteiger charge is 2.11. The number of imidazole rings is 1. The van der Waals surface area contributed by atoms with Crippen molar-refractivity contribution in [3.8, 4) is 0 Å². The summed E-state index contributed by atoms with van der Waals surface area (Å²) in [6.07, 6.45) is 17.6. The zero-order valence-electron chi connectivity index (χ0n) is 24.0. The average molecular weight is 561 g/mol. The molecule has 4 rings (SSSR count). The SMILES string of the molecule is C1CCC1.C=CC.C\C=C/C(=C\C=C\NC(=O)C(C)CC)c1nc2ccc(C(=O)Nc3ccc(Cl)cc3)cc2[nH]1. The van der Waals surface area contributed by atoms with Crippen LogP contribution < -0.4 is 10.6 Å². The van der Waals surface area contributed by atoms with Gasteiger partial charge in [-0.3, -0.25) is 9.59 Å². The Balaban J connectivity index is 0.000000706. The minimum absolute atomic E-state index is 0.0112. The second-order valence-electron chi connectivity index (χ2n) is 9.40. The molecule has 1 fully saturated rings. The molecule has 6 nitrogen and oxygen atoms in total. The van der Waals surface area contributed by atoms with Crippen molar-refractivity contribution in [1.82, 2.24) is 15.3 Å². The molecule has 0 bridgehead atoms. The number of hydrogen-bond acceptors (Lipinski definition) is 3. The maximum absolute atomic E-state index is 12.6. The molecule has 3 N–H and O–H groups in total. The average Bonchev–Trinajstić information content (AvgIpc) is 3.34. The number of aromatic amines is 1. The van der Waals surface area contributed by atoms with Gasteiger partial charge in [-0.25, -0.2) is 4.98 Å². The summed E-state index contributed by atoms with van der Waals surface area (Å²) < 4.78 is 0. The Morgan fingerprint density at radius 3 is 2.33 bits per heavy atom. The standard InChI is InChI=1S/C26H27ClN4O2.C4H8.C3H6/c1-4-7-18(8-6-15-28-25(32)17(3)5-2)24-30-22-14-9-19(16-23(22)31-24)26(33)29-21-12-10-20(27)11-13-21;1-2-4-3-1;1-3-2/h4,6-17H,5H2,1-3H3,(H,28,32)(H,29,33)(H,30,31);1-4H2;3H,1H2,2H3/b7-4-,15-6+,18-8+;;. The lowest BCUT2D eigenvalue weighted by molar-refractivity contribution is -0.123. The van der Waals surface area contributed by atoms with Crippen molar-refractivity contribution in [3.05, 3.63) is 102 Å². The van der Waals surface area contributed by atoms with E-state index in [1.807, 2.05) is 52.0 Å². The Hall–Kier alpha value is -3.90. The second-order valence-corrected chi connectivity index (χ2v) is 9.84. The smallest absolute Gasteiger partial charge is 0.255 e. The Morgan fingerprint density at radius 2 is 1.75 bits per heavy atom. The number of nitrogens with zero attached hydrogens (tertiary/aromatic N) is 1. The van der Waals surface area contributed by atoms with Gasteiger partial charge in [0.05, 0.1) is 11.0 Å². The molecule has 1 aliphatic rings. The number of nitrogens with one attached hydrogen (secondary N) is 3. The van der Waals surface area contributed by atoms with Gasteiger partial charge in [-0.1, -0.05) is 69.4 Å². The molecular formula is C33H41ClN4O2. The second kappa shape index (κ2) is 17.6. The molecule has 1 heterocycles. The number of rotatable bonds is 8. The van der Waals surface area contributed by atoms with E-state index < -0.39 is 0 Å². The molecule has 40 heavy (non-hydrogen) atoms. The molecule has 1 unspecified atom stereocenters. The van der Waals surface area contributed by atoms with E-state index in [0.29, 0.717) is 22.1 Å². The summed E-state index contributed by atoms with van der Waals surface area (Å²) in [6, 6.07) is 12.3. The molecule has 0 saturated heterocycles. The summed E-state index contributed by atoms with van der Waals surface area (Å²) in [5.74, 6) is 0.397. The van der Waals surface area contributed by atoms with Gasteiger partial charge in [0.2, 0.25) is 5.91 Å². The van der Waals surface area contributed by atoms with Crippen LogP contribution in [0.2, 0.25) is 5.02 Å². The van der Waals surface area contributed by atoms with Crippen LogP contribution in [0, 0.1) is 5.92 Å². The molecule has 1 saturated carbocycles. The van der Waals surface area contributed by atoms with Crippen LogP contribution >= 0.6 is 11.6 Å².